The van der Waals surface area contributed by atoms with Gasteiger partial charge in [-0.2, -0.15) is 11.8 Å². The lowest BCUT2D eigenvalue weighted by molar-refractivity contribution is 0.122. The highest BCUT2D eigenvalue weighted by Gasteiger charge is 2.16. The van der Waals surface area contributed by atoms with E-state index in [0.717, 1.165) is 66.0 Å². The van der Waals surface area contributed by atoms with Gasteiger partial charge in [-0.3, -0.25) is 0 Å². The maximum atomic E-state index is 5.45. The second-order valence-corrected chi connectivity index (χ2v) is 6.58. The monoisotopic (exact) mass is 341 g/mol. The molecule has 0 atom stereocenters. The van der Waals surface area contributed by atoms with Crippen LogP contribution in [0.3, 0.4) is 0 Å². The van der Waals surface area contributed by atoms with E-state index >= 15 is 0 Å². The average Bonchev–Trinajstić information content (AvgIpc) is 3.10. The number of nitrogens with zero attached hydrogens (tertiary/aromatic N) is 4. The molecule has 24 heavy (non-hydrogen) atoms. The fourth-order valence-electron chi connectivity index (χ4n) is 2.85. The summed E-state index contributed by atoms with van der Waals surface area (Å²) in [4.78, 5) is 19.4. The first-order valence-corrected chi connectivity index (χ1v) is 9.36. The average molecular weight is 341 g/mol. The molecule has 1 aliphatic heterocycles. The third-order valence-electron chi connectivity index (χ3n) is 4.05. The minimum Gasteiger partial charge on any atom is -0.378 e. The van der Waals surface area contributed by atoms with Gasteiger partial charge in [-0.25, -0.2) is 15.0 Å². The van der Waals surface area contributed by atoms with Crippen molar-refractivity contribution in [2.75, 3.05) is 37.5 Å². The van der Waals surface area contributed by atoms with E-state index in [0.29, 0.717) is 0 Å². The van der Waals surface area contributed by atoms with Gasteiger partial charge in [0.15, 0.2) is 5.82 Å². The maximum Gasteiger partial charge on any atom is 0.163 e. The van der Waals surface area contributed by atoms with Crippen LogP contribution in [0.5, 0.6) is 0 Å². The molecule has 1 N–H and O–H groups in total. The lowest BCUT2D eigenvalue weighted by atomic mass is 10.2. The molecule has 124 valence electrons. The summed E-state index contributed by atoms with van der Waals surface area (Å²) >= 11 is 1.76. The zero-order chi connectivity index (χ0) is 16.4. The molecule has 3 aromatic rings. The van der Waals surface area contributed by atoms with Crippen LogP contribution < -0.4 is 4.90 Å². The van der Waals surface area contributed by atoms with E-state index in [1.807, 2.05) is 18.5 Å². The summed E-state index contributed by atoms with van der Waals surface area (Å²) in [6.45, 7) is 3.22. The number of hydrogen-bond acceptors (Lipinski definition) is 6. The van der Waals surface area contributed by atoms with Gasteiger partial charge in [0.05, 0.1) is 18.9 Å². The fourth-order valence-corrected chi connectivity index (χ4v) is 3.29. The maximum absolute atomic E-state index is 5.45. The van der Waals surface area contributed by atoms with Crippen LogP contribution in [0.1, 0.15) is 5.69 Å². The molecule has 4 rings (SSSR count). The van der Waals surface area contributed by atoms with Gasteiger partial charge in [-0.05, 0) is 18.4 Å². The van der Waals surface area contributed by atoms with Gasteiger partial charge < -0.3 is 14.6 Å². The number of hydrogen-bond donors (Lipinski definition) is 1. The first-order valence-electron chi connectivity index (χ1n) is 7.96. The van der Waals surface area contributed by atoms with E-state index in [1.54, 1.807) is 11.8 Å². The summed E-state index contributed by atoms with van der Waals surface area (Å²) in [5.41, 5.74) is 2.87. The van der Waals surface area contributed by atoms with Gasteiger partial charge in [0.25, 0.3) is 0 Å². The minimum atomic E-state index is 0.735. The lowest BCUT2D eigenvalue weighted by Gasteiger charge is -2.28. The number of fused-ring (bicyclic) bond motifs is 1. The first kappa shape index (κ1) is 15.4. The van der Waals surface area contributed by atoms with Crippen LogP contribution in [0.2, 0.25) is 0 Å². The van der Waals surface area contributed by atoms with Gasteiger partial charge in [0.2, 0.25) is 0 Å². The Bertz CT molecular complexity index is 844. The summed E-state index contributed by atoms with van der Waals surface area (Å²) in [7, 11) is 0. The summed E-state index contributed by atoms with van der Waals surface area (Å²) < 4.78 is 5.45. The standard InChI is InChI=1S/C17H19N5OS/c1-24-11-14-9-15(22-4-6-23-7-5-22)21-17(20-14)13-8-12-2-3-18-16(12)19-10-13/h2-3,8-10H,4-7,11H2,1H3,(H,18,19). The molecule has 0 bridgehead atoms. The van der Waals surface area contributed by atoms with E-state index < -0.39 is 0 Å². The molecule has 3 aromatic heterocycles. The molecule has 7 heteroatoms. The number of anilines is 1. The van der Waals surface area contributed by atoms with Crippen LogP contribution in [0.15, 0.2) is 30.6 Å². The van der Waals surface area contributed by atoms with Gasteiger partial charge >= 0.3 is 0 Å². The third kappa shape index (κ3) is 3.09. The van der Waals surface area contributed by atoms with Crippen LogP contribution in [0, 0.1) is 0 Å². The van der Waals surface area contributed by atoms with E-state index in [2.05, 4.69) is 33.3 Å². The molecule has 0 radical (unpaired) electrons. The Labute approximate surface area is 144 Å². The Kier molecular flexibility index (Phi) is 4.36. The number of aromatic nitrogens is 4. The number of H-pyrrole nitrogens is 1. The molecule has 1 fully saturated rings. The zero-order valence-corrected chi connectivity index (χ0v) is 14.3. The number of morpholine rings is 1. The molecular formula is C17H19N5OS. The van der Waals surface area contributed by atoms with Crippen molar-refractivity contribution in [3.8, 4) is 11.4 Å². The van der Waals surface area contributed by atoms with Crippen molar-refractivity contribution < 1.29 is 4.74 Å². The summed E-state index contributed by atoms with van der Waals surface area (Å²) in [5, 5.41) is 1.07. The van der Waals surface area contributed by atoms with Crippen molar-refractivity contribution >= 4 is 28.6 Å². The van der Waals surface area contributed by atoms with Crippen molar-refractivity contribution in [2.45, 2.75) is 5.75 Å². The summed E-state index contributed by atoms with van der Waals surface area (Å²) in [6.07, 6.45) is 5.81. The van der Waals surface area contributed by atoms with Crippen molar-refractivity contribution in [1.82, 2.24) is 19.9 Å². The highest BCUT2D eigenvalue weighted by molar-refractivity contribution is 7.97. The van der Waals surface area contributed by atoms with Gasteiger partial charge in [0, 0.05) is 48.3 Å². The van der Waals surface area contributed by atoms with Crippen LogP contribution >= 0.6 is 11.8 Å². The van der Waals surface area contributed by atoms with Crippen molar-refractivity contribution in [2.24, 2.45) is 0 Å². The van der Waals surface area contributed by atoms with E-state index in [9.17, 15) is 0 Å². The van der Waals surface area contributed by atoms with Crippen LogP contribution in [0.25, 0.3) is 22.4 Å². The summed E-state index contributed by atoms with van der Waals surface area (Å²) in [5.74, 6) is 2.58. The largest absolute Gasteiger partial charge is 0.378 e. The lowest BCUT2D eigenvalue weighted by Crippen LogP contribution is -2.37. The van der Waals surface area contributed by atoms with Crippen LogP contribution in [0.4, 0.5) is 5.82 Å². The number of thioether (sulfide) groups is 1. The topological polar surface area (TPSA) is 66.9 Å². The van der Waals surface area contributed by atoms with E-state index in [1.165, 1.54) is 0 Å². The Morgan fingerprint density at radius 1 is 1.25 bits per heavy atom. The number of ether oxygens (including phenoxy) is 1. The van der Waals surface area contributed by atoms with Gasteiger partial charge in [-0.15, -0.1) is 0 Å². The summed E-state index contributed by atoms with van der Waals surface area (Å²) in [6, 6.07) is 6.19. The minimum absolute atomic E-state index is 0.735. The van der Waals surface area contributed by atoms with Gasteiger partial charge in [0.1, 0.15) is 11.5 Å². The normalized spacial score (nSPS) is 15.1. The quantitative estimate of drug-likeness (QED) is 0.787. The number of aromatic amines is 1. The Balaban J connectivity index is 1.76. The highest BCUT2D eigenvalue weighted by Crippen LogP contribution is 2.24. The molecule has 0 unspecified atom stereocenters. The van der Waals surface area contributed by atoms with E-state index in [4.69, 9.17) is 14.7 Å². The predicted molar refractivity (Wildman–Crippen MR) is 97.4 cm³/mol. The SMILES string of the molecule is CSCc1cc(N2CCOCC2)nc(-c2cnc3[nH]ccc3c2)n1. The molecule has 0 saturated carbocycles. The highest BCUT2D eigenvalue weighted by atomic mass is 32.2. The third-order valence-corrected chi connectivity index (χ3v) is 4.64. The predicted octanol–water partition coefficient (Wildman–Crippen LogP) is 2.72. The van der Waals surface area contributed by atoms with Crippen LogP contribution in [-0.2, 0) is 10.5 Å². The molecule has 0 amide bonds. The molecule has 0 spiro atoms. The zero-order valence-electron chi connectivity index (χ0n) is 13.5. The van der Waals surface area contributed by atoms with Gasteiger partial charge in [-0.1, -0.05) is 0 Å². The smallest absolute Gasteiger partial charge is 0.163 e. The Morgan fingerprint density at radius 2 is 2.12 bits per heavy atom. The molecule has 4 heterocycles. The number of nitrogens with one attached hydrogen (secondary N) is 1. The molecular weight excluding hydrogens is 322 g/mol. The fraction of sp³-hybridized carbons (Fsp3) is 0.353. The molecule has 6 nitrogen and oxygen atoms in total. The second-order valence-electron chi connectivity index (χ2n) is 5.71. The Morgan fingerprint density at radius 3 is 2.96 bits per heavy atom. The molecule has 0 aliphatic carbocycles. The van der Waals surface area contributed by atoms with Crippen molar-refractivity contribution in [3.05, 3.63) is 36.3 Å². The van der Waals surface area contributed by atoms with Crippen molar-refractivity contribution in [3.63, 3.8) is 0 Å². The Hall–Kier alpha value is -2.12. The van der Waals surface area contributed by atoms with Crippen molar-refractivity contribution in [1.29, 1.82) is 0 Å². The van der Waals surface area contributed by atoms with Crippen LogP contribution in [-0.4, -0.2) is 52.5 Å². The number of pyridine rings is 1. The molecule has 0 aromatic carbocycles. The van der Waals surface area contributed by atoms with E-state index in [-0.39, 0.29) is 0 Å². The molecule has 1 saturated heterocycles. The number of rotatable bonds is 4. The first-order chi connectivity index (χ1) is 11.8. The second kappa shape index (κ2) is 6.78. The molecule has 1 aliphatic rings.